The Balaban J connectivity index is 1.16. The van der Waals surface area contributed by atoms with Crippen LogP contribution in [0.5, 0.6) is 5.75 Å². The smallest absolute Gasteiger partial charge is 0.265 e. The molecule has 3 aromatic rings. The molecule has 2 heterocycles. The maximum absolute atomic E-state index is 13.6. The molecule has 9 nitrogen and oxygen atoms in total. The van der Waals surface area contributed by atoms with Crippen LogP contribution in [0.25, 0.3) is 11.1 Å². The van der Waals surface area contributed by atoms with E-state index in [9.17, 15) is 18.4 Å². The number of sulfone groups is 1. The first-order valence-electron chi connectivity index (χ1n) is 12.5. The molecule has 0 bridgehead atoms. The molecule has 1 aliphatic heterocycles. The quantitative estimate of drug-likeness (QED) is 0.160. The Morgan fingerprint density at radius 3 is 2.57 bits per heavy atom. The van der Waals surface area contributed by atoms with Crippen molar-refractivity contribution in [2.24, 2.45) is 5.92 Å². The average molecular weight is 546 g/mol. The van der Waals surface area contributed by atoms with Crippen molar-refractivity contribution in [2.75, 3.05) is 32.0 Å². The molecule has 2 fully saturated rings. The third-order valence-electron chi connectivity index (χ3n) is 7.10. The van der Waals surface area contributed by atoms with Gasteiger partial charge in [-0.05, 0) is 74.4 Å². The van der Waals surface area contributed by atoms with Gasteiger partial charge in [0, 0.05) is 25.4 Å². The van der Waals surface area contributed by atoms with Crippen LogP contribution in [-0.4, -0.2) is 66.2 Å². The summed E-state index contributed by atoms with van der Waals surface area (Å²) >= 11 is 1.52. The minimum atomic E-state index is -4.03. The van der Waals surface area contributed by atoms with Gasteiger partial charge in [-0.15, -0.1) is 0 Å². The molecule has 11 heteroatoms. The van der Waals surface area contributed by atoms with E-state index >= 15 is 0 Å². The van der Waals surface area contributed by atoms with Gasteiger partial charge >= 0.3 is 0 Å². The number of benzene rings is 2. The lowest BCUT2D eigenvalue weighted by Crippen LogP contribution is -2.57. The summed E-state index contributed by atoms with van der Waals surface area (Å²) < 4.78 is 37.0. The molecule has 1 saturated heterocycles. The highest BCUT2D eigenvalue weighted by Crippen LogP contribution is 2.38. The molecule has 1 aliphatic carbocycles. The van der Waals surface area contributed by atoms with Crippen LogP contribution in [0.15, 0.2) is 63.1 Å². The van der Waals surface area contributed by atoms with Crippen molar-refractivity contribution in [3.8, 4) is 5.75 Å². The van der Waals surface area contributed by atoms with Crippen molar-refractivity contribution in [2.45, 2.75) is 47.0 Å². The number of likely N-dealkylation sites (tertiary alicyclic amines) is 1. The summed E-state index contributed by atoms with van der Waals surface area (Å²) in [5, 5.41) is 9.99. The van der Waals surface area contributed by atoms with Crippen molar-refractivity contribution in [1.29, 1.82) is 0 Å². The van der Waals surface area contributed by atoms with Gasteiger partial charge in [0.15, 0.2) is 20.2 Å². The number of para-hydroxylation sites is 2. The van der Waals surface area contributed by atoms with E-state index in [2.05, 4.69) is 9.88 Å². The zero-order valence-electron chi connectivity index (χ0n) is 20.5. The van der Waals surface area contributed by atoms with Crippen LogP contribution in [0.2, 0.25) is 0 Å². The lowest BCUT2D eigenvalue weighted by atomic mass is 9.94. The van der Waals surface area contributed by atoms with Crippen molar-refractivity contribution in [3.05, 3.63) is 48.5 Å². The molecule has 198 valence electrons. The van der Waals surface area contributed by atoms with Crippen LogP contribution in [0, 0.1) is 5.92 Å². The molecule has 2 aromatic carbocycles. The number of carbonyl (C=O) groups is 1. The Morgan fingerprint density at radius 1 is 1.16 bits per heavy atom. The number of hydrogen-bond acceptors (Lipinski definition) is 9. The second-order valence-corrected chi connectivity index (χ2v) is 13.0. The molecule has 1 saturated carbocycles. The molecule has 1 aromatic heterocycles. The molecular weight excluding hydrogens is 514 g/mol. The summed E-state index contributed by atoms with van der Waals surface area (Å²) in [6.45, 7) is 2.40. The number of amides is 1. The lowest BCUT2D eigenvalue weighted by Gasteiger charge is -2.39. The minimum Gasteiger partial charge on any atom is -0.494 e. The van der Waals surface area contributed by atoms with E-state index < -0.39 is 20.5 Å². The van der Waals surface area contributed by atoms with Crippen molar-refractivity contribution in [1.82, 2.24) is 15.4 Å². The molecule has 2 N–H and O–H groups in total. The summed E-state index contributed by atoms with van der Waals surface area (Å²) in [5.41, 5.74) is 3.21. The van der Waals surface area contributed by atoms with Crippen molar-refractivity contribution >= 4 is 38.6 Å². The first kappa shape index (κ1) is 26.0. The molecule has 2 aliphatic rings. The molecule has 1 amide bonds. The van der Waals surface area contributed by atoms with Crippen LogP contribution in [-0.2, 0) is 14.6 Å². The fourth-order valence-electron chi connectivity index (χ4n) is 4.74. The number of fused-ring (bicyclic) bond motifs is 1. The number of hydroxylamine groups is 1. The average Bonchev–Trinajstić information content (AvgIpc) is 3.64. The number of piperidine rings is 1. The minimum absolute atomic E-state index is 0.0469. The van der Waals surface area contributed by atoms with Gasteiger partial charge in [-0.1, -0.05) is 23.9 Å². The Kier molecular flexibility index (Phi) is 7.75. The van der Waals surface area contributed by atoms with Gasteiger partial charge in [0.25, 0.3) is 11.1 Å². The number of thioether (sulfide) groups is 1. The van der Waals surface area contributed by atoms with E-state index in [0.717, 1.165) is 29.8 Å². The largest absolute Gasteiger partial charge is 0.494 e. The summed E-state index contributed by atoms with van der Waals surface area (Å²) in [5.74, 6) is 1.13. The number of nitrogens with one attached hydrogen (secondary N) is 1. The lowest BCUT2D eigenvalue weighted by molar-refractivity contribution is -0.133. The highest BCUT2D eigenvalue weighted by atomic mass is 32.2. The van der Waals surface area contributed by atoms with E-state index in [1.807, 2.05) is 24.3 Å². The zero-order chi connectivity index (χ0) is 25.9. The van der Waals surface area contributed by atoms with Crippen LogP contribution < -0.4 is 10.2 Å². The Morgan fingerprint density at radius 2 is 1.89 bits per heavy atom. The molecule has 0 spiro atoms. The van der Waals surface area contributed by atoms with Gasteiger partial charge < -0.3 is 14.1 Å². The predicted molar refractivity (Wildman–Crippen MR) is 140 cm³/mol. The number of hydrogen-bond donors (Lipinski definition) is 2. The molecule has 0 atom stereocenters. The van der Waals surface area contributed by atoms with Gasteiger partial charge in [-0.2, -0.15) is 0 Å². The van der Waals surface area contributed by atoms with Gasteiger partial charge in [0.05, 0.1) is 11.5 Å². The van der Waals surface area contributed by atoms with E-state index in [1.54, 1.807) is 17.6 Å². The molecule has 5 rings (SSSR count). The van der Waals surface area contributed by atoms with Gasteiger partial charge in [-0.25, -0.2) is 18.9 Å². The van der Waals surface area contributed by atoms with E-state index in [-0.39, 0.29) is 17.7 Å². The highest BCUT2D eigenvalue weighted by molar-refractivity contribution is 7.99. The number of rotatable bonds is 11. The van der Waals surface area contributed by atoms with Crippen LogP contribution in [0.3, 0.4) is 0 Å². The fourth-order valence-corrected chi connectivity index (χ4v) is 7.45. The molecule has 0 radical (unpaired) electrons. The maximum Gasteiger partial charge on any atom is 0.265 e. The van der Waals surface area contributed by atoms with Gasteiger partial charge in [0.1, 0.15) is 11.3 Å². The Labute approximate surface area is 220 Å². The zero-order valence-corrected chi connectivity index (χ0v) is 22.1. The predicted octanol–water partition coefficient (Wildman–Crippen LogP) is 3.91. The standard InChI is InChI=1S/C26H31N3O6S2/c30-24(28-31)26(12-14-29(15-13-26)18-19-6-7-19)37(32,33)21-10-8-20(9-11-21)34-16-3-17-36-25-27-22-4-1-2-5-23(22)35-25/h1-2,4-5,8-11,19,31H,3,6-7,12-18H2,(H,28,30). The maximum atomic E-state index is 13.6. The number of oxazole rings is 1. The van der Waals surface area contributed by atoms with E-state index in [1.165, 1.54) is 36.7 Å². The highest BCUT2D eigenvalue weighted by Gasteiger charge is 2.53. The second-order valence-electron chi connectivity index (χ2n) is 9.65. The third-order valence-corrected chi connectivity index (χ3v) is 10.5. The Bertz CT molecular complexity index is 1300. The second kappa shape index (κ2) is 11.0. The first-order valence-corrected chi connectivity index (χ1v) is 15.0. The van der Waals surface area contributed by atoms with Crippen molar-refractivity contribution < 1.29 is 27.6 Å². The van der Waals surface area contributed by atoms with Crippen LogP contribution in [0.1, 0.15) is 32.1 Å². The number of ether oxygens (including phenoxy) is 1. The summed E-state index contributed by atoms with van der Waals surface area (Å²) in [6.07, 6.45) is 3.46. The van der Waals surface area contributed by atoms with Crippen LogP contribution >= 0.6 is 11.8 Å². The van der Waals surface area contributed by atoms with Crippen LogP contribution in [0.4, 0.5) is 0 Å². The third kappa shape index (κ3) is 5.64. The van der Waals surface area contributed by atoms with Gasteiger partial charge in [-0.3, -0.25) is 10.0 Å². The SMILES string of the molecule is O=C(NO)C1(S(=O)(=O)c2ccc(OCCCSc3nc4ccccc4o3)cc2)CCN(CC2CC2)CC1. The van der Waals surface area contributed by atoms with E-state index in [0.29, 0.717) is 36.6 Å². The van der Waals surface area contributed by atoms with Gasteiger partial charge in [0.2, 0.25) is 0 Å². The first-order chi connectivity index (χ1) is 17.9. The number of carbonyl (C=O) groups excluding carboxylic acids is 1. The molecular formula is C26H31N3O6S2. The number of aromatic nitrogens is 1. The summed E-state index contributed by atoms with van der Waals surface area (Å²) in [7, 11) is -4.03. The monoisotopic (exact) mass is 545 g/mol. The van der Waals surface area contributed by atoms with Crippen molar-refractivity contribution in [3.63, 3.8) is 0 Å². The van der Waals surface area contributed by atoms with E-state index in [4.69, 9.17) is 9.15 Å². The summed E-state index contributed by atoms with van der Waals surface area (Å²) in [4.78, 5) is 19.4. The Hall–Kier alpha value is -2.60. The molecule has 0 unspecified atom stereocenters. The normalized spacial score (nSPS) is 18.1. The summed E-state index contributed by atoms with van der Waals surface area (Å²) in [6, 6.07) is 13.8. The number of nitrogens with zero attached hydrogens (tertiary/aromatic N) is 2. The molecule has 37 heavy (non-hydrogen) atoms. The fraction of sp³-hybridized carbons (Fsp3) is 0.462. The topological polar surface area (TPSA) is 122 Å².